The Balaban J connectivity index is 3.58. The Morgan fingerprint density at radius 3 is 2.00 bits per heavy atom. The third-order valence-electron chi connectivity index (χ3n) is 0.325. The van der Waals surface area contributed by atoms with Gasteiger partial charge in [-0.1, -0.05) is 12.6 Å². The molecule has 0 saturated heterocycles. The van der Waals surface area contributed by atoms with Gasteiger partial charge in [-0.15, -0.1) is 0 Å². The molecule has 0 rings (SSSR count). The van der Waals surface area contributed by atoms with Crippen molar-refractivity contribution >= 4 is 23.7 Å². The minimum Gasteiger partial charge on any atom is -0.287 e. The van der Waals surface area contributed by atoms with Crippen LogP contribution >= 0.6 is 12.6 Å². The van der Waals surface area contributed by atoms with Crippen LogP contribution in [0, 0.1) is 0 Å². The first-order valence-electron chi connectivity index (χ1n) is 1.42. The third kappa shape index (κ3) is 2.18. The van der Waals surface area contributed by atoms with Gasteiger partial charge < -0.3 is 0 Å². The minimum absolute atomic E-state index is 0.887. The lowest BCUT2D eigenvalue weighted by atomic mass is 10.7. The van der Waals surface area contributed by atoms with E-state index >= 15 is 0 Å². The molecule has 3 N–H and O–H groups in total. The van der Waals surface area contributed by atoms with E-state index in [-0.39, 0.29) is 0 Å². The van der Waals surface area contributed by atoms with E-state index in [0.717, 1.165) is 0 Å². The molecule has 0 unspecified atom stereocenters. The van der Waals surface area contributed by atoms with Crippen LogP contribution in [-0.4, -0.2) is 11.0 Å². The van der Waals surface area contributed by atoms with Gasteiger partial charge in [-0.05, 0) is 0 Å². The number of amides is 1. The molecule has 0 aliphatic carbocycles. The third-order valence-corrected chi connectivity index (χ3v) is 0.528. The molecule has 0 atom stereocenters. The minimum atomic E-state index is -0.900. The van der Waals surface area contributed by atoms with Crippen LogP contribution in [-0.2, 0) is 9.59 Å². The summed E-state index contributed by atoms with van der Waals surface area (Å²) >= 11 is 3.14. The zero-order chi connectivity index (χ0) is 5.86. The van der Waals surface area contributed by atoms with Gasteiger partial charge in [0, 0.05) is 0 Å². The number of thiol groups is 1. The van der Waals surface area contributed by atoms with Crippen molar-refractivity contribution in [2.45, 2.75) is 0 Å². The van der Waals surface area contributed by atoms with Gasteiger partial charge >= 0.3 is 5.91 Å². The van der Waals surface area contributed by atoms with E-state index in [9.17, 15) is 9.59 Å². The summed E-state index contributed by atoms with van der Waals surface area (Å²) in [6.45, 7) is 0. The molecule has 0 fully saturated rings. The first-order chi connectivity index (χ1) is 3.18. The molecular weight excluding hydrogens is 116 g/mol. The van der Waals surface area contributed by atoms with E-state index in [0.29, 0.717) is 0 Å². The zero-order valence-electron chi connectivity index (χ0n) is 3.34. The van der Waals surface area contributed by atoms with Crippen molar-refractivity contribution < 1.29 is 9.59 Å². The van der Waals surface area contributed by atoms with Gasteiger partial charge in [0.25, 0.3) is 5.12 Å². The van der Waals surface area contributed by atoms with Crippen LogP contribution < -0.4 is 11.3 Å². The lowest BCUT2D eigenvalue weighted by molar-refractivity contribution is -0.133. The van der Waals surface area contributed by atoms with E-state index in [1.54, 1.807) is 5.43 Å². The number of carbonyl (C=O) groups excluding carboxylic acids is 2. The standard InChI is InChI=1S/C2H4N2O2S/c3-4-1(5)2(6)7/h3H2,(H,4,5)(H,6,7). The number of carbonyl (C=O) groups is 2. The molecule has 0 aromatic rings. The van der Waals surface area contributed by atoms with Gasteiger partial charge in [-0.3, -0.25) is 15.0 Å². The normalized spacial score (nSPS) is 7.71. The maximum Gasteiger partial charge on any atom is 0.312 e. The van der Waals surface area contributed by atoms with Gasteiger partial charge in [-0.2, -0.15) is 0 Å². The predicted molar refractivity (Wildman–Crippen MR) is 26.3 cm³/mol. The first-order valence-corrected chi connectivity index (χ1v) is 1.87. The molecule has 5 heteroatoms. The van der Waals surface area contributed by atoms with Crippen LogP contribution in [0.4, 0.5) is 0 Å². The molecule has 4 nitrogen and oxygen atoms in total. The van der Waals surface area contributed by atoms with Gasteiger partial charge in [0.05, 0.1) is 0 Å². The number of nitrogens with two attached hydrogens (primary N) is 1. The second-order valence-electron chi connectivity index (χ2n) is 0.779. The Morgan fingerprint density at radius 2 is 2.00 bits per heavy atom. The number of rotatable bonds is 1. The van der Waals surface area contributed by atoms with E-state index in [1.807, 2.05) is 0 Å². The molecule has 0 aliphatic heterocycles. The fraction of sp³-hybridized carbons (Fsp3) is 0. The maximum atomic E-state index is 9.85. The van der Waals surface area contributed by atoms with E-state index in [4.69, 9.17) is 0 Å². The largest absolute Gasteiger partial charge is 0.312 e. The highest BCUT2D eigenvalue weighted by molar-refractivity contribution is 7.98. The average Bonchev–Trinajstić information content (AvgIpc) is 1.65. The zero-order valence-corrected chi connectivity index (χ0v) is 4.24. The van der Waals surface area contributed by atoms with Crippen LogP contribution in [0.25, 0.3) is 0 Å². The molecule has 1 amide bonds. The molecule has 0 saturated carbocycles. The van der Waals surface area contributed by atoms with Crippen molar-refractivity contribution in [3.05, 3.63) is 0 Å². The molecule has 40 valence electrons. The topological polar surface area (TPSA) is 72.2 Å². The Morgan fingerprint density at radius 1 is 1.57 bits per heavy atom. The average molecular weight is 120 g/mol. The van der Waals surface area contributed by atoms with Crippen molar-refractivity contribution in [3.8, 4) is 0 Å². The van der Waals surface area contributed by atoms with Crippen LogP contribution in [0.1, 0.15) is 0 Å². The van der Waals surface area contributed by atoms with Crippen LogP contribution in [0.2, 0.25) is 0 Å². The van der Waals surface area contributed by atoms with Crippen LogP contribution in [0.5, 0.6) is 0 Å². The van der Waals surface area contributed by atoms with Crippen LogP contribution in [0.15, 0.2) is 0 Å². The summed E-state index contributed by atoms with van der Waals surface area (Å²) in [7, 11) is 0. The molecule has 0 heterocycles. The quantitative estimate of drug-likeness (QED) is 0.129. The lowest BCUT2D eigenvalue weighted by Gasteiger charge is -1.86. The molecule has 7 heavy (non-hydrogen) atoms. The summed E-state index contributed by atoms with van der Waals surface area (Å²) in [6.07, 6.45) is 0. The molecule has 0 radical (unpaired) electrons. The second kappa shape index (κ2) is 2.59. The van der Waals surface area contributed by atoms with Crippen molar-refractivity contribution in [1.82, 2.24) is 5.43 Å². The highest BCUT2D eigenvalue weighted by atomic mass is 32.1. The molecular formula is C2H4N2O2S. The highest BCUT2D eigenvalue weighted by Crippen LogP contribution is 1.72. The molecule has 0 aromatic carbocycles. The van der Waals surface area contributed by atoms with Crippen LogP contribution in [0.3, 0.4) is 0 Å². The summed E-state index contributed by atoms with van der Waals surface area (Å²) < 4.78 is 0. The monoisotopic (exact) mass is 120 g/mol. The molecule has 0 aromatic heterocycles. The van der Waals surface area contributed by atoms with Crippen molar-refractivity contribution in [3.63, 3.8) is 0 Å². The van der Waals surface area contributed by atoms with E-state index in [1.165, 1.54) is 0 Å². The maximum absolute atomic E-state index is 9.85. The van der Waals surface area contributed by atoms with E-state index < -0.39 is 11.0 Å². The lowest BCUT2D eigenvalue weighted by Crippen LogP contribution is -2.33. The van der Waals surface area contributed by atoms with Crippen molar-refractivity contribution in [1.29, 1.82) is 0 Å². The smallest absolute Gasteiger partial charge is 0.287 e. The number of hydrogen-bond donors (Lipinski definition) is 3. The predicted octanol–water partition coefficient (Wildman–Crippen LogP) is -1.57. The highest BCUT2D eigenvalue weighted by Gasteiger charge is 2.02. The van der Waals surface area contributed by atoms with Crippen molar-refractivity contribution in [2.24, 2.45) is 5.84 Å². The summed E-state index contributed by atoms with van der Waals surface area (Å²) in [5, 5.41) is -0.887. The summed E-state index contributed by atoms with van der Waals surface area (Å²) in [5.74, 6) is 3.60. The summed E-state index contributed by atoms with van der Waals surface area (Å²) in [6, 6.07) is 0. The van der Waals surface area contributed by atoms with Gasteiger partial charge in [0.15, 0.2) is 0 Å². The van der Waals surface area contributed by atoms with Gasteiger partial charge in [-0.25, -0.2) is 5.84 Å². The molecule has 0 aliphatic rings. The Hall–Kier alpha value is -0.550. The fourth-order valence-corrected chi connectivity index (χ4v) is 0.126. The summed E-state index contributed by atoms with van der Waals surface area (Å²) in [5.41, 5.74) is 1.60. The van der Waals surface area contributed by atoms with Crippen molar-refractivity contribution in [2.75, 3.05) is 0 Å². The molecule has 0 spiro atoms. The number of hydrogen-bond acceptors (Lipinski definition) is 3. The first kappa shape index (κ1) is 6.45. The summed E-state index contributed by atoms with van der Waals surface area (Å²) in [4.78, 5) is 19.6. The number of hydrazine groups is 1. The second-order valence-corrected chi connectivity index (χ2v) is 1.18. The van der Waals surface area contributed by atoms with Gasteiger partial charge in [0.1, 0.15) is 0 Å². The van der Waals surface area contributed by atoms with E-state index in [2.05, 4.69) is 18.5 Å². The molecule has 0 bridgehead atoms. The Kier molecular flexibility index (Phi) is 2.39. The SMILES string of the molecule is NNC(=O)C(=O)S. The Bertz CT molecular complexity index is 102. The fourth-order valence-electron chi connectivity index (χ4n) is 0.0617. The van der Waals surface area contributed by atoms with Gasteiger partial charge in [0.2, 0.25) is 0 Å². The Labute approximate surface area is 45.4 Å². The number of nitrogens with one attached hydrogen (secondary N) is 1.